The molecule has 7 nitrogen and oxygen atoms in total. The van der Waals surface area contributed by atoms with Gasteiger partial charge in [0, 0.05) is 49.7 Å². The van der Waals surface area contributed by atoms with Gasteiger partial charge in [-0.2, -0.15) is 0 Å². The maximum absolute atomic E-state index is 13.3. The molecule has 184 valence electrons. The first-order valence-electron chi connectivity index (χ1n) is 12.3. The van der Waals surface area contributed by atoms with Crippen LogP contribution >= 0.6 is 11.6 Å². The molecule has 5 rings (SSSR count). The summed E-state index contributed by atoms with van der Waals surface area (Å²) in [7, 11) is 0. The highest BCUT2D eigenvalue weighted by Crippen LogP contribution is 2.44. The molecule has 3 aliphatic rings. The lowest BCUT2D eigenvalue weighted by Crippen LogP contribution is -2.62. The van der Waals surface area contributed by atoms with E-state index in [9.17, 15) is 14.4 Å². The third-order valence-electron chi connectivity index (χ3n) is 7.69. The van der Waals surface area contributed by atoms with E-state index in [0.717, 1.165) is 30.2 Å². The molecular formula is C27H31ClN4O3. The lowest BCUT2D eigenvalue weighted by Gasteiger charge is -2.48. The Morgan fingerprint density at radius 2 is 1.97 bits per heavy atom. The van der Waals surface area contributed by atoms with E-state index in [-0.39, 0.29) is 30.7 Å². The molecule has 0 aliphatic carbocycles. The van der Waals surface area contributed by atoms with Crippen molar-refractivity contribution in [1.82, 2.24) is 10.2 Å². The maximum atomic E-state index is 13.3. The van der Waals surface area contributed by atoms with E-state index in [1.54, 1.807) is 21.9 Å². The van der Waals surface area contributed by atoms with E-state index < -0.39 is 5.66 Å². The summed E-state index contributed by atoms with van der Waals surface area (Å²) in [6, 6.07) is 13.2. The van der Waals surface area contributed by atoms with Gasteiger partial charge in [-0.25, -0.2) is 0 Å². The molecule has 0 bridgehead atoms. The van der Waals surface area contributed by atoms with Gasteiger partial charge in [-0.05, 0) is 62.4 Å². The number of nitrogens with zero attached hydrogens (tertiary/aromatic N) is 3. The molecule has 2 aromatic rings. The number of nitrogens with one attached hydrogen (secondary N) is 1. The number of carbonyl (C=O) groups excluding carboxylic acids is 3. The van der Waals surface area contributed by atoms with Crippen molar-refractivity contribution in [3.05, 3.63) is 58.6 Å². The molecule has 2 saturated heterocycles. The Hall–Kier alpha value is -3.06. The minimum Gasteiger partial charge on any atom is -0.371 e. The average Bonchev–Trinajstić information content (AvgIpc) is 3.43. The zero-order valence-electron chi connectivity index (χ0n) is 20.2. The van der Waals surface area contributed by atoms with Crippen molar-refractivity contribution >= 4 is 40.7 Å². The molecule has 0 saturated carbocycles. The summed E-state index contributed by atoms with van der Waals surface area (Å²) < 4.78 is 0. The number of rotatable bonds is 6. The van der Waals surface area contributed by atoms with Crippen LogP contribution in [0.3, 0.4) is 0 Å². The molecule has 2 atom stereocenters. The number of anilines is 2. The third-order valence-corrected chi connectivity index (χ3v) is 7.93. The van der Waals surface area contributed by atoms with E-state index in [4.69, 9.17) is 11.6 Å². The van der Waals surface area contributed by atoms with Gasteiger partial charge in [-0.3, -0.25) is 19.3 Å². The molecule has 0 spiro atoms. The standard InChI is InChI=1S/C27H31ClN4O3/c1-18-7-8-20(28)15-23(18)30-13-10-19(17-30)16-29-24(33)11-14-31-26(35)21-5-3-4-6-22(21)32-25(34)9-12-27(31,32)2/h3-8,15,19H,9-14,16-17H2,1-2H3,(H,29,33). The van der Waals surface area contributed by atoms with Crippen molar-refractivity contribution in [3.8, 4) is 0 Å². The zero-order valence-corrected chi connectivity index (χ0v) is 21.0. The van der Waals surface area contributed by atoms with Crippen LogP contribution < -0.4 is 15.1 Å². The number of hydrogen-bond donors (Lipinski definition) is 1. The fourth-order valence-corrected chi connectivity index (χ4v) is 5.91. The van der Waals surface area contributed by atoms with E-state index in [1.165, 1.54) is 5.56 Å². The predicted molar refractivity (Wildman–Crippen MR) is 137 cm³/mol. The topological polar surface area (TPSA) is 73.0 Å². The molecule has 2 unspecified atom stereocenters. The van der Waals surface area contributed by atoms with Gasteiger partial charge in [-0.15, -0.1) is 0 Å². The number of hydrogen-bond acceptors (Lipinski definition) is 4. The Morgan fingerprint density at radius 1 is 1.17 bits per heavy atom. The lowest BCUT2D eigenvalue weighted by molar-refractivity contribution is -0.121. The molecule has 2 fully saturated rings. The first-order chi connectivity index (χ1) is 16.8. The van der Waals surface area contributed by atoms with E-state index >= 15 is 0 Å². The Morgan fingerprint density at radius 3 is 2.80 bits per heavy atom. The second-order valence-electron chi connectivity index (χ2n) is 10.0. The normalized spacial score (nSPS) is 23.5. The fourth-order valence-electron chi connectivity index (χ4n) is 5.74. The van der Waals surface area contributed by atoms with Crippen LogP contribution in [0.2, 0.25) is 5.02 Å². The monoisotopic (exact) mass is 494 g/mol. The van der Waals surface area contributed by atoms with Crippen molar-refractivity contribution in [2.45, 2.75) is 45.2 Å². The predicted octanol–water partition coefficient (Wildman–Crippen LogP) is 3.98. The zero-order chi connectivity index (χ0) is 24.7. The van der Waals surface area contributed by atoms with Crippen LogP contribution in [0.25, 0.3) is 0 Å². The molecule has 0 aromatic heterocycles. The van der Waals surface area contributed by atoms with Crippen LogP contribution in [-0.2, 0) is 9.59 Å². The summed E-state index contributed by atoms with van der Waals surface area (Å²) in [4.78, 5) is 44.5. The number of aryl methyl sites for hydroxylation is 1. The highest BCUT2D eigenvalue weighted by atomic mass is 35.5. The van der Waals surface area contributed by atoms with Gasteiger partial charge < -0.3 is 15.1 Å². The van der Waals surface area contributed by atoms with Crippen molar-refractivity contribution in [2.75, 3.05) is 36.0 Å². The average molecular weight is 495 g/mol. The van der Waals surface area contributed by atoms with E-state index in [1.807, 2.05) is 37.3 Å². The minimum atomic E-state index is -0.733. The van der Waals surface area contributed by atoms with Gasteiger partial charge in [0.15, 0.2) is 0 Å². The second-order valence-corrected chi connectivity index (χ2v) is 10.4. The van der Waals surface area contributed by atoms with Crippen molar-refractivity contribution in [3.63, 3.8) is 0 Å². The summed E-state index contributed by atoms with van der Waals surface area (Å²) in [6.45, 7) is 6.70. The van der Waals surface area contributed by atoms with E-state index in [0.29, 0.717) is 36.6 Å². The number of carbonyl (C=O) groups is 3. The fraction of sp³-hybridized carbons (Fsp3) is 0.444. The van der Waals surface area contributed by atoms with Crippen LogP contribution in [-0.4, -0.2) is 54.5 Å². The Balaban J connectivity index is 1.18. The molecule has 1 N–H and O–H groups in total. The SMILES string of the molecule is Cc1ccc(Cl)cc1N1CCC(CNC(=O)CCN2C(=O)c3ccccc3N3C(=O)CCC23C)C1. The van der Waals surface area contributed by atoms with E-state index in [2.05, 4.69) is 17.1 Å². The van der Waals surface area contributed by atoms with Gasteiger partial charge in [0.05, 0.1) is 11.3 Å². The first kappa shape index (κ1) is 23.7. The molecule has 2 aromatic carbocycles. The number of fused-ring (bicyclic) bond motifs is 3. The molecule has 8 heteroatoms. The minimum absolute atomic E-state index is 0.0163. The molecular weight excluding hydrogens is 464 g/mol. The number of amides is 3. The Kier molecular flexibility index (Phi) is 6.21. The van der Waals surface area contributed by atoms with Crippen molar-refractivity contribution < 1.29 is 14.4 Å². The number of benzene rings is 2. The molecule has 0 radical (unpaired) electrons. The summed E-state index contributed by atoms with van der Waals surface area (Å²) in [5.41, 5.74) is 2.80. The second kappa shape index (κ2) is 9.19. The van der Waals surface area contributed by atoms with Crippen molar-refractivity contribution in [1.29, 1.82) is 0 Å². The Labute approximate surface area is 211 Å². The van der Waals surface area contributed by atoms with Crippen LogP contribution in [0, 0.1) is 12.8 Å². The molecule has 35 heavy (non-hydrogen) atoms. The third kappa shape index (κ3) is 4.27. The van der Waals surface area contributed by atoms with Crippen LogP contribution in [0.5, 0.6) is 0 Å². The summed E-state index contributed by atoms with van der Waals surface area (Å²) >= 11 is 6.19. The van der Waals surface area contributed by atoms with Gasteiger partial charge >= 0.3 is 0 Å². The molecule has 3 heterocycles. The smallest absolute Gasteiger partial charge is 0.257 e. The van der Waals surface area contributed by atoms with Crippen molar-refractivity contribution in [2.24, 2.45) is 5.92 Å². The largest absolute Gasteiger partial charge is 0.371 e. The van der Waals surface area contributed by atoms with Gasteiger partial charge in [0.25, 0.3) is 5.91 Å². The maximum Gasteiger partial charge on any atom is 0.257 e. The summed E-state index contributed by atoms with van der Waals surface area (Å²) in [6.07, 6.45) is 2.16. The summed E-state index contributed by atoms with van der Waals surface area (Å²) in [5, 5.41) is 3.80. The highest BCUT2D eigenvalue weighted by Gasteiger charge is 2.52. The highest BCUT2D eigenvalue weighted by molar-refractivity contribution is 6.30. The molecule has 3 amide bonds. The number of para-hydroxylation sites is 1. The quantitative estimate of drug-likeness (QED) is 0.659. The first-order valence-corrected chi connectivity index (χ1v) is 12.7. The van der Waals surface area contributed by atoms with Crippen LogP contribution in [0.15, 0.2) is 42.5 Å². The van der Waals surface area contributed by atoms with Crippen LogP contribution in [0.4, 0.5) is 11.4 Å². The lowest BCUT2D eigenvalue weighted by atomic mass is 9.98. The number of halogens is 1. The van der Waals surface area contributed by atoms with Gasteiger partial charge in [-0.1, -0.05) is 29.8 Å². The van der Waals surface area contributed by atoms with Gasteiger partial charge in [0.2, 0.25) is 11.8 Å². The Bertz CT molecular complexity index is 1180. The summed E-state index contributed by atoms with van der Waals surface area (Å²) in [5.74, 6) is 0.183. The molecule has 3 aliphatic heterocycles. The van der Waals surface area contributed by atoms with Gasteiger partial charge in [0.1, 0.15) is 5.66 Å². The van der Waals surface area contributed by atoms with Crippen LogP contribution in [0.1, 0.15) is 48.5 Å².